The molecule has 9 heavy (non-hydrogen) atoms. The molecule has 0 unspecified atom stereocenters. The van der Waals surface area contributed by atoms with Crippen LogP contribution in [0.1, 0.15) is 6.42 Å². The van der Waals surface area contributed by atoms with Crippen molar-refractivity contribution in [1.82, 2.24) is 5.32 Å². The fraction of sp³-hybridized carbons (Fsp3) is 1.00. The van der Waals surface area contributed by atoms with Crippen LogP contribution in [0.5, 0.6) is 0 Å². The van der Waals surface area contributed by atoms with Crippen molar-refractivity contribution >= 4 is 12.4 Å². The van der Waals surface area contributed by atoms with Gasteiger partial charge in [-0.3, -0.25) is 0 Å². The lowest BCUT2D eigenvalue weighted by Crippen LogP contribution is -2.39. The fourth-order valence-electron chi connectivity index (χ4n) is 1.75. The minimum atomic E-state index is 0. The van der Waals surface area contributed by atoms with Crippen LogP contribution in [-0.2, 0) is 0 Å². The number of nitrogens with one attached hydrogen (secondary N) is 1. The fourth-order valence-corrected chi connectivity index (χ4v) is 1.75. The van der Waals surface area contributed by atoms with Crippen LogP contribution >= 0.6 is 12.4 Å². The third kappa shape index (κ3) is 0.955. The van der Waals surface area contributed by atoms with Crippen LogP contribution in [0.2, 0.25) is 0 Å². The van der Waals surface area contributed by atoms with E-state index in [1.807, 2.05) is 0 Å². The maximum Gasteiger partial charge on any atom is 0.0586 e. The second-order valence-electron chi connectivity index (χ2n) is 2.89. The molecule has 2 nitrogen and oxygen atoms in total. The molecule has 0 aromatic rings. The minimum absolute atomic E-state index is 0. The molecule has 1 heterocycles. The van der Waals surface area contributed by atoms with Crippen LogP contribution in [-0.4, -0.2) is 24.3 Å². The van der Waals surface area contributed by atoms with Crippen molar-refractivity contribution in [2.75, 3.05) is 13.1 Å². The van der Waals surface area contributed by atoms with Gasteiger partial charge >= 0.3 is 0 Å². The summed E-state index contributed by atoms with van der Waals surface area (Å²) in [6.45, 7) is 2.19. The van der Waals surface area contributed by atoms with Gasteiger partial charge in [0, 0.05) is 12.5 Å². The molecule has 0 amide bonds. The Bertz CT molecular complexity index is 109. The molecule has 0 aromatic heterocycles. The van der Waals surface area contributed by atoms with E-state index in [-0.39, 0.29) is 18.5 Å². The van der Waals surface area contributed by atoms with Gasteiger partial charge < -0.3 is 10.4 Å². The van der Waals surface area contributed by atoms with E-state index in [9.17, 15) is 0 Å². The molecule has 0 radical (unpaired) electrons. The zero-order valence-corrected chi connectivity index (χ0v) is 6.03. The molecule has 1 saturated carbocycles. The molecule has 0 aromatic carbocycles. The largest absolute Gasteiger partial charge is 0.393 e. The highest BCUT2D eigenvalue weighted by Crippen LogP contribution is 2.36. The Labute approximate surface area is 61.0 Å². The quantitative estimate of drug-likeness (QED) is 0.509. The second-order valence-corrected chi connectivity index (χ2v) is 2.89. The van der Waals surface area contributed by atoms with Gasteiger partial charge in [0.1, 0.15) is 0 Å². The summed E-state index contributed by atoms with van der Waals surface area (Å²) in [7, 11) is 0. The number of hydrogen-bond donors (Lipinski definition) is 2. The second kappa shape index (κ2) is 2.45. The molecule has 2 fully saturated rings. The predicted octanol–water partition coefficient (Wildman–Crippen LogP) is 0.00840. The summed E-state index contributed by atoms with van der Waals surface area (Å²) in [5.74, 6) is 1.42. The van der Waals surface area contributed by atoms with Gasteiger partial charge in [-0.2, -0.15) is 0 Å². The van der Waals surface area contributed by atoms with Gasteiger partial charge in [0.2, 0.25) is 0 Å². The highest BCUT2D eigenvalue weighted by atomic mass is 35.5. The summed E-state index contributed by atoms with van der Waals surface area (Å²) in [6.07, 6.45) is 1.06. The van der Waals surface area contributed by atoms with Gasteiger partial charge in [-0.1, -0.05) is 0 Å². The van der Waals surface area contributed by atoms with Crippen LogP contribution in [0.25, 0.3) is 0 Å². The Balaban J connectivity index is 0.000000405. The number of aliphatic hydroxyl groups is 1. The first kappa shape index (κ1) is 7.32. The van der Waals surface area contributed by atoms with E-state index in [1.165, 1.54) is 0 Å². The first-order chi connectivity index (χ1) is 3.88. The number of hydrogen-bond acceptors (Lipinski definition) is 2. The third-order valence-electron chi connectivity index (χ3n) is 2.43. The summed E-state index contributed by atoms with van der Waals surface area (Å²) in [5.41, 5.74) is 0. The van der Waals surface area contributed by atoms with Gasteiger partial charge in [-0.15, -0.1) is 12.4 Å². The van der Waals surface area contributed by atoms with E-state index in [0.717, 1.165) is 25.4 Å². The molecule has 1 aliphatic heterocycles. The lowest BCUT2D eigenvalue weighted by molar-refractivity contribution is -0.00403. The topological polar surface area (TPSA) is 32.3 Å². The summed E-state index contributed by atoms with van der Waals surface area (Å²) < 4.78 is 0. The van der Waals surface area contributed by atoms with Crippen LogP contribution in [0.15, 0.2) is 0 Å². The van der Waals surface area contributed by atoms with E-state index in [1.54, 1.807) is 0 Å². The summed E-state index contributed by atoms with van der Waals surface area (Å²) in [4.78, 5) is 0. The summed E-state index contributed by atoms with van der Waals surface area (Å²) in [6, 6.07) is 0. The average molecular weight is 150 g/mol. The van der Waals surface area contributed by atoms with Crippen LogP contribution < -0.4 is 5.32 Å². The van der Waals surface area contributed by atoms with Crippen molar-refractivity contribution in [1.29, 1.82) is 0 Å². The van der Waals surface area contributed by atoms with E-state index < -0.39 is 0 Å². The SMILES string of the molecule is Cl.O[C@H]1C[C@H]2CNC[C@H]21. The average Bonchev–Trinajstić information content (AvgIpc) is 2.09. The highest BCUT2D eigenvalue weighted by molar-refractivity contribution is 5.85. The van der Waals surface area contributed by atoms with Crippen LogP contribution in [0.3, 0.4) is 0 Å². The van der Waals surface area contributed by atoms with Crippen LogP contribution in [0.4, 0.5) is 0 Å². The zero-order valence-electron chi connectivity index (χ0n) is 5.21. The molecule has 2 N–H and O–H groups in total. The molecule has 0 spiro atoms. The summed E-state index contributed by atoms with van der Waals surface area (Å²) in [5, 5.41) is 12.3. The van der Waals surface area contributed by atoms with Crippen molar-refractivity contribution in [3.63, 3.8) is 0 Å². The van der Waals surface area contributed by atoms with E-state index >= 15 is 0 Å². The van der Waals surface area contributed by atoms with E-state index in [0.29, 0.717) is 5.92 Å². The van der Waals surface area contributed by atoms with Gasteiger partial charge in [0.05, 0.1) is 6.10 Å². The Morgan fingerprint density at radius 1 is 1.33 bits per heavy atom. The molecule has 3 heteroatoms. The first-order valence-corrected chi connectivity index (χ1v) is 3.26. The maximum atomic E-state index is 9.08. The van der Waals surface area contributed by atoms with Crippen LogP contribution in [0, 0.1) is 11.8 Å². The smallest absolute Gasteiger partial charge is 0.0586 e. The lowest BCUT2D eigenvalue weighted by Gasteiger charge is -2.35. The number of rotatable bonds is 0. The number of halogens is 1. The highest BCUT2D eigenvalue weighted by Gasteiger charge is 2.42. The predicted molar refractivity (Wildman–Crippen MR) is 37.7 cm³/mol. The Kier molecular flexibility index (Phi) is 1.99. The zero-order chi connectivity index (χ0) is 5.56. The third-order valence-corrected chi connectivity index (χ3v) is 2.43. The molecular formula is C6H12ClNO. The number of aliphatic hydroxyl groups excluding tert-OH is 1. The monoisotopic (exact) mass is 149 g/mol. The maximum absolute atomic E-state index is 9.08. The van der Waals surface area contributed by atoms with Gasteiger partial charge in [-0.25, -0.2) is 0 Å². The van der Waals surface area contributed by atoms with Gasteiger partial charge in [0.15, 0.2) is 0 Å². The molecule has 2 rings (SSSR count). The standard InChI is InChI=1S/C6H11NO.ClH/c8-6-1-4-2-7-3-5(4)6;/h4-8H,1-3H2;1H/t4-,5+,6-;/m0./s1. The van der Waals surface area contributed by atoms with Gasteiger partial charge in [-0.05, 0) is 18.9 Å². The molecule has 1 aliphatic carbocycles. The van der Waals surface area contributed by atoms with Crippen molar-refractivity contribution < 1.29 is 5.11 Å². The Morgan fingerprint density at radius 2 is 2.11 bits per heavy atom. The molecule has 1 saturated heterocycles. The Hall–Kier alpha value is 0.210. The van der Waals surface area contributed by atoms with E-state index in [2.05, 4.69) is 5.32 Å². The number of fused-ring (bicyclic) bond motifs is 1. The molecule has 3 atom stereocenters. The normalized spacial score (nSPS) is 47.0. The Morgan fingerprint density at radius 3 is 2.56 bits per heavy atom. The molecular weight excluding hydrogens is 138 g/mol. The van der Waals surface area contributed by atoms with E-state index in [4.69, 9.17) is 5.11 Å². The first-order valence-electron chi connectivity index (χ1n) is 3.26. The molecule has 2 aliphatic rings. The van der Waals surface area contributed by atoms with Gasteiger partial charge in [0.25, 0.3) is 0 Å². The van der Waals surface area contributed by atoms with Crippen molar-refractivity contribution in [2.24, 2.45) is 11.8 Å². The van der Waals surface area contributed by atoms with Crippen molar-refractivity contribution in [2.45, 2.75) is 12.5 Å². The van der Waals surface area contributed by atoms with Crippen molar-refractivity contribution in [3.05, 3.63) is 0 Å². The minimum Gasteiger partial charge on any atom is -0.393 e. The summed E-state index contributed by atoms with van der Waals surface area (Å²) >= 11 is 0. The molecule has 0 bridgehead atoms. The van der Waals surface area contributed by atoms with Crippen molar-refractivity contribution in [3.8, 4) is 0 Å². The lowest BCUT2D eigenvalue weighted by atomic mass is 9.74. The molecule has 54 valence electrons.